The number of fused-ring (bicyclic) bond motifs is 1. The molecule has 0 amide bonds. The first-order valence-corrected chi connectivity index (χ1v) is 10.1. The van der Waals surface area contributed by atoms with E-state index in [-0.39, 0.29) is 12.0 Å². The minimum Gasteiger partial charge on any atom is -0.465 e. The van der Waals surface area contributed by atoms with Gasteiger partial charge in [-0.05, 0) is 61.5 Å². The summed E-state index contributed by atoms with van der Waals surface area (Å²) < 4.78 is 4.97. The van der Waals surface area contributed by atoms with Gasteiger partial charge >= 0.3 is 5.97 Å². The fourth-order valence-electron chi connectivity index (χ4n) is 3.61. The van der Waals surface area contributed by atoms with Gasteiger partial charge in [0.25, 0.3) is 0 Å². The lowest BCUT2D eigenvalue weighted by atomic mass is 9.88. The van der Waals surface area contributed by atoms with Gasteiger partial charge in [0, 0.05) is 4.88 Å². The van der Waals surface area contributed by atoms with Gasteiger partial charge in [0.2, 0.25) is 0 Å². The van der Waals surface area contributed by atoms with E-state index in [2.05, 4.69) is 34.9 Å². The predicted octanol–water partition coefficient (Wildman–Crippen LogP) is 4.77. The molecular weight excluding hydrogens is 364 g/mol. The Morgan fingerprint density at radius 1 is 1.38 bits per heavy atom. The molecule has 1 aromatic carbocycles. The molecule has 1 aliphatic carbocycles. The first-order chi connectivity index (χ1) is 12.5. The van der Waals surface area contributed by atoms with Crippen molar-refractivity contribution in [3.63, 3.8) is 0 Å². The third-order valence-electron chi connectivity index (χ3n) is 4.85. The van der Waals surface area contributed by atoms with Crippen LogP contribution in [0.1, 0.15) is 57.7 Å². The van der Waals surface area contributed by atoms with E-state index in [1.165, 1.54) is 18.2 Å². The Hall–Kier alpha value is -1.92. The van der Waals surface area contributed by atoms with Crippen molar-refractivity contribution in [2.45, 2.75) is 45.6 Å². The Bertz CT molecular complexity index is 829. The van der Waals surface area contributed by atoms with Gasteiger partial charge in [-0.1, -0.05) is 31.2 Å². The second kappa shape index (κ2) is 8.18. The van der Waals surface area contributed by atoms with Crippen molar-refractivity contribution in [3.8, 4) is 0 Å². The zero-order valence-electron chi connectivity index (χ0n) is 15.3. The maximum atomic E-state index is 12.2. The number of methoxy groups -OCH3 is 1. The molecule has 1 heterocycles. The number of carbonyl (C=O) groups is 1. The normalized spacial score (nSPS) is 15.9. The largest absolute Gasteiger partial charge is 0.465 e. The van der Waals surface area contributed by atoms with E-state index in [4.69, 9.17) is 17.0 Å². The lowest BCUT2D eigenvalue weighted by molar-refractivity contribution is 0.0601. The predicted molar refractivity (Wildman–Crippen MR) is 111 cm³/mol. The highest BCUT2D eigenvalue weighted by molar-refractivity contribution is 7.80. The van der Waals surface area contributed by atoms with Crippen LogP contribution in [-0.2, 0) is 17.6 Å². The van der Waals surface area contributed by atoms with E-state index in [0.29, 0.717) is 10.7 Å². The molecule has 4 nitrogen and oxygen atoms in total. The molecular formula is C20H24N2O2S2. The van der Waals surface area contributed by atoms with Crippen LogP contribution < -0.4 is 10.6 Å². The van der Waals surface area contributed by atoms with Gasteiger partial charge in [0.05, 0.1) is 18.7 Å². The summed E-state index contributed by atoms with van der Waals surface area (Å²) >= 11 is 7.10. The number of thiocarbonyl (C=S) groups is 1. The van der Waals surface area contributed by atoms with Crippen molar-refractivity contribution >= 4 is 39.6 Å². The molecule has 2 aromatic rings. The molecule has 2 N–H and O–H groups in total. The molecule has 0 saturated carbocycles. The zero-order valence-corrected chi connectivity index (χ0v) is 17.0. The topological polar surface area (TPSA) is 50.4 Å². The van der Waals surface area contributed by atoms with Gasteiger partial charge in [-0.2, -0.15) is 0 Å². The summed E-state index contributed by atoms with van der Waals surface area (Å²) in [6, 6.07) is 8.71. The number of nitrogens with one attached hydrogen (secondary N) is 2. The number of rotatable bonds is 4. The Labute approximate surface area is 164 Å². The van der Waals surface area contributed by atoms with Crippen molar-refractivity contribution in [3.05, 3.63) is 51.4 Å². The number of ether oxygens (including phenoxy) is 1. The molecule has 0 saturated heterocycles. The quantitative estimate of drug-likeness (QED) is 0.584. The fourth-order valence-corrected chi connectivity index (χ4v) is 5.06. The number of thiophene rings is 1. The van der Waals surface area contributed by atoms with Gasteiger partial charge in [-0.15, -0.1) is 11.3 Å². The maximum Gasteiger partial charge on any atom is 0.341 e. The van der Waals surface area contributed by atoms with Crippen LogP contribution in [0.15, 0.2) is 24.3 Å². The van der Waals surface area contributed by atoms with E-state index in [9.17, 15) is 4.79 Å². The SMILES string of the molecule is CCc1c(C)sc(NC(=S)NC2CCCc3ccccc32)c1C(=O)OC. The molecule has 1 aromatic heterocycles. The third-order valence-corrected chi connectivity index (χ3v) is 6.14. The number of anilines is 1. The van der Waals surface area contributed by atoms with Gasteiger partial charge < -0.3 is 15.4 Å². The average Bonchev–Trinajstić information content (AvgIpc) is 2.96. The summed E-state index contributed by atoms with van der Waals surface area (Å²) in [5.74, 6) is -0.320. The molecule has 1 unspecified atom stereocenters. The smallest absolute Gasteiger partial charge is 0.341 e. The van der Waals surface area contributed by atoms with E-state index >= 15 is 0 Å². The number of esters is 1. The number of carbonyl (C=O) groups excluding carboxylic acids is 1. The second-order valence-corrected chi connectivity index (χ2v) is 8.06. The van der Waals surface area contributed by atoms with Gasteiger partial charge in [-0.3, -0.25) is 0 Å². The summed E-state index contributed by atoms with van der Waals surface area (Å²) in [5.41, 5.74) is 4.32. The van der Waals surface area contributed by atoms with Crippen LogP contribution in [0.5, 0.6) is 0 Å². The minimum atomic E-state index is -0.320. The lowest BCUT2D eigenvalue weighted by Crippen LogP contribution is -2.34. The average molecular weight is 389 g/mol. The molecule has 0 aliphatic heterocycles. The van der Waals surface area contributed by atoms with Crippen LogP contribution in [0, 0.1) is 6.92 Å². The summed E-state index contributed by atoms with van der Waals surface area (Å²) in [7, 11) is 1.41. The van der Waals surface area contributed by atoms with Crippen LogP contribution in [0.4, 0.5) is 5.00 Å². The molecule has 0 fully saturated rings. The highest BCUT2D eigenvalue weighted by Gasteiger charge is 2.24. The molecule has 0 radical (unpaired) electrons. The summed E-state index contributed by atoms with van der Waals surface area (Å²) in [4.78, 5) is 13.4. The zero-order chi connectivity index (χ0) is 18.7. The Morgan fingerprint density at radius 2 is 2.15 bits per heavy atom. The molecule has 26 heavy (non-hydrogen) atoms. The molecule has 6 heteroatoms. The maximum absolute atomic E-state index is 12.2. The van der Waals surface area contributed by atoms with Crippen molar-refractivity contribution < 1.29 is 9.53 Å². The van der Waals surface area contributed by atoms with Crippen molar-refractivity contribution in [2.75, 3.05) is 12.4 Å². The number of hydrogen-bond donors (Lipinski definition) is 2. The van der Waals surface area contributed by atoms with E-state index in [1.54, 1.807) is 11.3 Å². The van der Waals surface area contributed by atoms with Crippen molar-refractivity contribution in [1.29, 1.82) is 0 Å². The van der Waals surface area contributed by atoms with Crippen molar-refractivity contribution in [1.82, 2.24) is 5.32 Å². The first kappa shape index (κ1) is 18.9. The van der Waals surface area contributed by atoms with Crippen LogP contribution >= 0.6 is 23.6 Å². The summed E-state index contributed by atoms with van der Waals surface area (Å²) in [5, 5.41) is 7.97. The summed E-state index contributed by atoms with van der Waals surface area (Å²) in [6.07, 6.45) is 4.09. The third kappa shape index (κ3) is 3.76. The monoisotopic (exact) mass is 388 g/mol. The van der Waals surface area contributed by atoms with E-state index < -0.39 is 0 Å². The second-order valence-electron chi connectivity index (χ2n) is 6.43. The Balaban J connectivity index is 1.78. The first-order valence-electron chi connectivity index (χ1n) is 8.91. The highest BCUT2D eigenvalue weighted by Crippen LogP contribution is 2.34. The molecule has 1 atom stereocenters. The van der Waals surface area contributed by atoms with Gasteiger partial charge in [-0.25, -0.2) is 4.79 Å². The standard InChI is InChI=1S/C20H24N2O2S2/c1-4-14-12(2)26-18(17(14)19(23)24-3)22-20(25)21-16-11-7-9-13-8-5-6-10-15(13)16/h5-6,8,10,16H,4,7,9,11H2,1-3H3,(H2,21,22,25). The number of aryl methyl sites for hydroxylation is 2. The highest BCUT2D eigenvalue weighted by atomic mass is 32.1. The van der Waals surface area contributed by atoms with Crippen molar-refractivity contribution in [2.24, 2.45) is 0 Å². The number of hydrogen-bond acceptors (Lipinski definition) is 4. The fraction of sp³-hybridized carbons (Fsp3) is 0.400. The molecule has 138 valence electrons. The van der Waals surface area contributed by atoms with Crippen LogP contribution in [0.2, 0.25) is 0 Å². The molecule has 0 spiro atoms. The molecule has 3 rings (SSSR count). The summed E-state index contributed by atoms with van der Waals surface area (Å²) in [6.45, 7) is 4.07. The van der Waals surface area contributed by atoms with Crippen LogP contribution in [-0.4, -0.2) is 18.2 Å². The van der Waals surface area contributed by atoms with Crippen LogP contribution in [0.25, 0.3) is 0 Å². The lowest BCUT2D eigenvalue weighted by Gasteiger charge is -2.27. The number of benzene rings is 1. The minimum absolute atomic E-state index is 0.202. The molecule has 1 aliphatic rings. The van der Waals surface area contributed by atoms with Gasteiger partial charge in [0.1, 0.15) is 5.00 Å². The van der Waals surface area contributed by atoms with Gasteiger partial charge in [0.15, 0.2) is 5.11 Å². The van der Waals surface area contributed by atoms with E-state index in [1.807, 2.05) is 13.8 Å². The Kier molecular flexibility index (Phi) is 5.94. The van der Waals surface area contributed by atoms with Crippen LogP contribution in [0.3, 0.4) is 0 Å². The Morgan fingerprint density at radius 3 is 2.88 bits per heavy atom. The molecule has 0 bridgehead atoms. The van der Waals surface area contributed by atoms with E-state index in [0.717, 1.165) is 41.1 Å².